The number of carbonyl (C=O) groups excluding carboxylic acids is 3. The van der Waals surface area contributed by atoms with Crippen LogP contribution in [0.2, 0.25) is 0 Å². The first-order valence-corrected chi connectivity index (χ1v) is 11.7. The zero-order chi connectivity index (χ0) is 25.5. The third-order valence-electron chi connectivity index (χ3n) is 4.44. The molecule has 35 heavy (non-hydrogen) atoms. The van der Waals surface area contributed by atoms with E-state index in [0.29, 0.717) is 30.9 Å². The second-order valence-electron chi connectivity index (χ2n) is 7.59. The Morgan fingerprint density at radius 3 is 1.43 bits per heavy atom. The van der Waals surface area contributed by atoms with E-state index in [-0.39, 0.29) is 11.5 Å². The molecule has 2 aromatic rings. The van der Waals surface area contributed by atoms with Crippen LogP contribution in [0.15, 0.2) is 42.5 Å². The van der Waals surface area contributed by atoms with E-state index in [9.17, 15) is 14.4 Å². The molecule has 0 saturated carbocycles. The molecule has 0 aliphatic heterocycles. The largest absolute Gasteiger partial charge is 0.412 e. The smallest absolute Gasteiger partial charge is 0.410 e. The highest BCUT2D eigenvalue weighted by Gasteiger charge is 2.10. The molecule has 0 fully saturated rings. The van der Waals surface area contributed by atoms with Crippen molar-refractivity contribution in [2.75, 3.05) is 19.6 Å². The van der Waals surface area contributed by atoms with Gasteiger partial charge in [0, 0.05) is 25.7 Å². The summed E-state index contributed by atoms with van der Waals surface area (Å²) in [5, 5.41) is 7.92. The Labute approximate surface area is 205 Å². The van der Waals surface area contributed by atoms with Crippen molar-refractivity contribution in [1.29, 1.82) is 0 Å². The molecule has 2 rings (SSSR count). The van der Waals surface area contributed by atoms with Gasteiger partial charge in [0.25, 0.3) is 0 Å². The van der Waals surface area contributed by atoms with Gasteiger partial charge < -0.3 is 30.2 Å². The van der Waals surface area contributed by atoms with Crippen molar-refractivity contribution in [3.63, 3.8) is 0 Å². The maximum absolute atomic E-state index is 12.0. The number of nitrogens with one attached hydrogen (secondary N) is 3. The summed E-state index contributed by atoms with van der Waals surface area (Å²) in [6, 6.07) is 11.8. The zero-order valence-electron chi connectivity index (χ0n) is 20.4. The zero-order valence-corrected chi connectivity index (χ0v) is 20.4. The molecule has 188 valence electrons. The van der Waals surface area contributed by atoms with Crippen molar-refractivity contribution < 1.29 is 28.6 Å². The van der Waals surface area contributed by atoms with Crippen molar-refractivity contribution in [1.82, 2.24) is 16.0 Å². The molecule has 0 heterocycles. The highest BCUT2D eigenvalue weighted by Crippen LogP contribution is 2.25. The number of ether oxygens (including phenoxy) is 3. The van der Waals surface area contributed by atoms with Crippen LogP contribution >= 0.6 is 0 Å². The summed E-state index contributed by atoms with van der Waals surface area (Å²) in [6.45, 7) is 7.36. The number of hydrogen-bond donors (Lipinski definition) is 3. The Morgan fingerprint density at radius 2 is 1.00 bits per heavy atom. The summed E-state index contributed by atoms with van der Waals surface area (Å²) in [4.78, 5) is 35.7. The van der Waals surface area contributed by atoms with Crippen molar-refractivity contribution in [3.8, 4) is 17.2 Å². The Bertz CT molecular complexity index is 964. The average Bonchev–Trinajstić information content (AvgIpc) is 2.84. The molecule has 0 saturated heterocycles. The summed E-state index contributed by atoms with van der Waals surface area (Å²) in [6.07, 6.45) is 4.32. The number of hydrogen-bond acceptors (Lipinski definition) is 6. The molecular formula is C26H33N3O6. The predicted molar refractivity (Wildman–Crippen MR) is 135 cm³/mol. The SMILES string of the molecule is CCCNC(=O)Oc1ccc(/C=C/c2cc(OC(=O)NCCC)cc(OC(=O)NCCC)c2)cc1. The second kappa shape index (κ2) is 15.0. The third kappa shape index (κ3) is 10.6. The minimum atomic E-state index is -0.590. The molecule has 3 amide bonds. The fourth-order valence-corrected chi connectivity index (χ4v) is 2.76. The highest BCUT2D eigenvalue weighted by atomic mass is 16.6. The molecule has 9 heteroatoms. The van der Waals surface area contributed by atoms with E-state index >= 15 is 0 Å². The first-order chi connectivity index (χ1) is 16.9. The summed E-state index contributed by atoms with van der Waals surface area (Å²) in [5.41, 5.74) is 1.50. The lowest BCUT2D eigenvalue weighted by molar-refractivity contribution is 0.198. The van der Waals surface area contributed by atoms with Crippen LogP contribution in [0.5, 0.6) is 17.2 Å². The summed E-state index contributed by atoms with van der Waals surface area (Å²) in [7, 11) is 0. The van der Waals surface area contributed by atoms with Crippen molar-refractivity contribution in [2.45, 2.75) is 40.0 Å². The van der Waals surface area contributed by atoms with E-state index in [1.54, 1.807) is 42.5 Å². The molecule has 0 bridgehead atoms. The minimum Gasteiger partial charge on any atom is -0.410 e. The quantitative estimate of drug-likeness (QED) is 0.371. The van der Waals surface area contributed by atoms with Crippen LogP contribution in [0.4, 0.5) is 14.4 Å². The number of benzene rings is 2. The van der Waals surface area contributed by atoms with Gasteiger partial charge in [-0.3, -0.25) is 0 Å². The van der Waals surface area contributed by atoms with Gasteiger partial charge in [-0.2, -0.15) is 0 Å². The van der Waals surface area contributed by atoms with E-state index in [2.05, 4.69) is 16.0 Å². The lowest BCUT2D eigenvalue weighted by Gasteiger charge is -2.10. The molecule has 0 radical (unpaired) electrons. The predicted octanol–water partition coefficient (Wildman–Crippen LogP) is 5.35. The van der Waals surface area contributed by atoms with Crippen LogP contribution < -0.4 is 30.2 Å². The first kappa shape index (κ1) is 27.2. The lowest BCUT2D eigenvalue weighted by Crippen LogP contribution is -2.28. The van der Waals surface area contributed by atoms with E-state index in [4.69, 9.17) is 14.2 Å². The fourth-order valence-electron chi connectivity index (χ4n) is 2.76. The molecule has 0 spiro atoms. The summed E-state index contributed by atoms with van der Waals surface area (Å²) in [5.74, 6) is 0.903. The monoisotopic (exact) mass is 483 g/mol. The van der Waals surface area contributed by atoms with Gasteiger partial charge in [0.2, 0.25) is 0 Å². The van der Waals surface area contributed by atoms with Gasteiger partial charge >= 0.3 is 18.3 Å². The van der Waals surface area contributed by atoms with Crippen LogP contribution in [-0.4, -0.2) is 37.9 Å². The van der Waals surface area contributed by atoms with Crippen molar-refractivity contribution in [2.24, 2.45) is 0 Å². The average molecular weight is 484 g/mol. The van der Waals surface area contributed by atoms with E-state index in [0.717, 1.165) is 24.8 Å². The van der Waals surface area contributed by atoms with Crippen LogP contribution in [0.25, 0.3) is 12.2 Å². The normalized spacial score (nSPS) is 10.5. The molecule has 0 atom stereocenters. The van der Waals surface area contributed by atoms with Gasteiger partial charge in [-0.1, -0.05) is 45.1 Å². The van der Waals surface area contributed by atoms with Crippen molar-refractivity contribution >= 4 is 30.4 Å². The van der Waals surface area contributed by atoms with Crippen molar-refractivity contribution in [3.05, 3.63) is 53.6 Å². The van der Waals surface area contributed by atoms with Gasteiger partial charge in [-0.05, 0) is 54.7 Å². The third-order valence-corrected chi connectivity index (χ3v) is 4.44. The maximum atomic E-state index is 12.0. The van der Waals surface area contributed by atoms with Crippen LogP contribution in [0.1, 0.15) is 51.2 Å². The summed E-state index contributed by atoms with van der Waals surface area (Å²) < 4.78 is 15.9. The standard InChI is InChI=1S/C26H33N3O6/c1-4-13-27-24(30)33-21-11-9-19(10-12-21)7-8-20-16-22(34-25(31)28-14-5-2)18-23(17-20)35-26(32)29-15-6-3/h7-12,16-18H,4-6,13-15H2,1-3H3,(H,27,30)(H,28,31)(H,29,32)/b8-7+. The summed E-state index contributed by atoms with van der Waals surface area (Å²) >= 11 is 0. The second-order valence-corrected chi connectivity index (χ2v) is 7.59. The first-order valence-electron chi connectivity index (χ1n) is 11.7. The van der Waals surface area contributed by atoms with Crippen LogP contribution in [-0.2, 0) is 0 Å². The highest BCUT2D eigenvalue weighted by molar-refractivity contribution is 5.76. The van der Waals surface area contributed by atoms with E-state index < -0.39 is 18.3 Å². The van der Waals surface area contributed by atoms with Gasteiger partial charge in [-0.25, -0.2) is 14.4 Å². The molecule has 0 unspecified atom stereocenters. The Kier molecular flexibility index (Phi) is 11.7. The van der Waals surface area contributed by atoms with Crippen LogP contribution in [0, 0.1) is 0 Å². The maximum Gasteiger partial charge on any atom is 0.412 e. The van der Waals surface area contributed by atoms with Gasteiger partial charge in [0.1, 0.15) is 17.2 Å². The number of rotatable bonds is 11. The van der Waals surface area contributed by atoms with Gasteiger partial charge in [0.15, 0.2) is 0 Å². The van der Waals surface area contributed by atoms with Gasteiger partial charge in [0.05, 0.1) is 0 Å². The van der Waals surface area contributed by atoms with Crippen LogP contribution in [0.3, 0.4) is 0 Å². The van der Waals surface area contributed by atoms with E-state index in [1.165, 1.54) is 6.07 Å². The number of amides is 3. The molecule has 0 aromatic heterocycles. The van der Waals surface area contributed by atoms with Gasteiger partial charge in [-0.15, -0.1) is 0 Å². The molecule has 9 nitrogen and oxygen atoms in total. The number of carbonyl (C=O) groups is 3. The fraction of sp³-hybridized carbons (Fsp3) is 0.346. The topological polar surface area (TPSA) is 115 Å². The molecular weight excluding hydrogens is 450 g/mol. The molecule has 3 N–H and O–H groups in total. The van der Waals surface area contributed by atoms with E-state index in [1.807, 2.05) is 26.8 Å². The Balaban J connectivity index is 2.14. The molecule has 2 aromatic carbocycles. The molecule has 0 aliphatic carbocycles. The molecule has 0 aliphatic rings. The Morgan fingerprint density at radius 1 is 0.600 bits per heavy atom. The Hall–Kier alpha value is -4.01. The minimum absolute atomic E-state index is 0.237. The lowest BCUT2D eigenvalue weighted by atomic mass is 10.1.